The van der Waals surface area contributed by atoms with Gasteiger partial charge in [0.05, 0.1) is 12.0 Å². The van der Waals surface area contributed by atoms with E-state index in [0.29, 0.717) is 5.16 Å². The molecule has 7 heteroatoms. The fourth-order valence-corrected chi connectivity index (χ4v) is 4.10. The van der Waals surface area contributed by atoms with Crippen molar-refractivity contribution in [1.82, 2.24) is 20.2 Å². The summed E-state index contributed by atoms with van der Waals surface area (Å²) in [6.45, 7) is 6.53. The Morgan fingerprint density at radius 2 is 1.59 bits per heavy atom. The van der Waals surface area contributed by atoms with E-state index >= 15 is 0 Å². The van der Waals surface area contributed by atoms with Gasteiger partial charge in [-0.15, -0.1) is 10.2 Å². The minimum absolute atomic E-state index is 0.0990. The van der Waals surface area contributed by atoms with Crippen molar-refractivity contribution in [3.8, 4) is 17.1 Å². The van der Waals surface area contributed by atoms with Crippen LogP contribution in [0.4, 0.5) is 0 Å². The molecule has 0 bridgehead atoms. The number of hydrogen-bond acceptors (Lipinski definition) is 5. The maximum atomic E-state index is 12.4. The molecule has 1 amide bonds. The third-order valence-corrected chi connectivity index (χ3v) is 6.12. The van der Waals surface area contributed by atoms with E-state index in [-0.39, 0.29) is 17.1 Å². The number of nitrogens with one attached hydrogen (secondary N) is 1. The molecule has 0 aliphatic rings. The van der Waals surface area contributed by atoms with Crippen LogP contribution in [0.1, 0.15) is 31.9 Å². The zero-order valence-electron chi connectivity index (χ0n) is 19.5. The van der Waals surface area contributed by atoms with Gasteiger partial charge in [0.2, 0.25) is 0 Å². The van der Waals surface area contributed by atoms with Crippen molar-refractivity contribution in [2.24, 2.45) is 5.10 Å². The van der Waals surface area contributed by atoms with Gasteiger partial charge in [-0.1, -0.05) is 105 Å². The first kappa shape index (κ1) is 23.4. The van der Waals surface area contributed by atoms with Gasteiger partial charge in [-0.05, 0) is 28.7 Å². The van der Waals surface area contributed by atoms with Gasteiger partial charge in [-0.3, -0.25) is 9.36 Å². The molecule has 6 nitrogen and oxygen atoms in total. The molecular formula is C27H27N5OS. The SMILES string of the molecule is CC(C)(C)c1ccc(/C=N/NC(=O)CSc2nnc(-c3ccccc3)n2-c2ccccc2)cc1. The summed E-state index contributed by atoms with van der Waals surface area (Å²) in [7, 11) is 0. The molecular weight excluding hydrogens is 442 g/mol. The summed E-state index contributed by atoms with van der Waals surface area (Å²) >= 11 is 1.32. The van der Waals surface area contributed by atoms with Crippen LogP contribution in [0.2, 0.25) is 0 Å². The van der Waals surface area contributed by atoms with Crippen molar-refractivity contribution in [3.05, 3.63) is 96.1 Å². The number of amides is 1. The van der Waals surface area contributed by atoms with Crippen LogP contribution in [0.25, 0.3) is 17.1 Å². The molecule has 0 saturated carbocycles. The van der Waals surface area contributed by atoms with E-state index in [1.165, 1.54) is 17.3 Å². The van der Waals surface area contributed by atoms with Crippen LogP contribution < -0.4 is 5.43 Å². The summed E-state index contributed by atoms with van der Waals surface area (Å²) < 4.78 is 1.97. The Balaban J connectivity index is 1.43. The summed E-state index contributed by atoms with van der Waals surface area (Å²) in [6.07, 6.45) is 1.65. The zero-order chi connectivity index (χ0) is 24.0. The fourth-order valence-electron chi connectivity index (χ4n) is 3.36. The first-order valence-electron chi connectivity index (χ1n) is 11.0. The molecule has 0 spiro atoms. The van der Waals surface area contributed by atoms with Gasteiger partial charge in [0.15, 0.2) is 11.0 Å². The Bertz CT molecular complexity index is 1260. The second kappa shape index (κ2) is 10.5. The Morgan fingerprint density at radius 3 is 2.24 bits per heavy atom. The second-order valence-corrected chi connectivity index (χ2v) is 9.74. The number of hydrazone groups is 1. The molecule has 0 aliphatic heterocycles. The van der Waals surface area contributed by atoms with Crippen molar-refractivity contribution >= 4 is 23.9 Å². The highest BCUT2D eigenvalue weighted by Crippen LogP contribution is 2.27. The molecule has 1 N–H and O–H groups in total. The van der Waals surface area contributed by atoms with Gasteiger partial charge in [-0.25, -0.2) is 5.43 Å². The predicted octanol–water partition coefficient (Wildman–Crippen LogP) is 5.47. The number of aromatic nitrogens is 3. The number of benzene rings is 3. The molecule has 4 rings (SSSR count). The molecule has 0 radical (unpaired) electrons. The smallest absolute Gasteiger partial charge is 0.250 e. The van der Waals surface area contributed by atoms with Crippen LogP contribution in [0.5, 0.6) is 0 Å². The molecule has 0 aliphatic carbocycles. The average molecular weight is 470 g/mol. The summed E-state index contributed by atoms with van der Waals surface area (Å²) in [5.74, 6) is 0.683. The quantitative estimate of drug-likeness (QED) is 0.221. The maximum Gasteiger partial charge on any atom is 0.250 e. The summed E-state index contributed by atoms with van der Waals surface area (Å²) in [5.41, 5.74) is 6.77. The molecule has 0 unspecified atom stereocenters. The monoisotopic (exact) mass is 469 g/mol. The first-order chi connectivity index (χ1) is 16.4. The van der Waals surface area contributed by atoms with Gasteiger partial charge in [0, 0.05) is 11.3 Å². The predicted molar refractivity (Wildman–Crippen MR) is 138 cm³/mol. The minimum Gasteiger partial charge on any atom is -0.272 e. The third kappa shape index (κ3) is 5.80. The van der Waals surface area contributed by atoms with Crippen LogP contribution in [0.3, 0.4) is 0 Å². The lowest BCUT2D eigenvalue weighted by Crippen LogP contribution is -2.20. The molecule has 172 valence electrons. The van der Waals surface area contributed by atoms with Crippen molar-refractivity contribution in [2.75, 3.05) is 5.75 Å². The number of hydrogen-bond donors (Lipinski definition) is 1. The van der Waals surface area contributed by atoms with E-state index in [1.54, 1.807) is 6.21 Å². The number of thioether (sulfide) groups is 1. The van der Waals surface area contributed by atoms with Crippen molar-refractivity contribution in [3.63, 3.8) is 0 Å². The lowest BCUT2D eigenvalue weighted by atomic mass is 9.87. The standard InChI is InChI=1S/C27H27N5OS/c1-27(2,3)22-16-14-20(15-17-22)18-28-29-24(33)19-34-26-31-30-25(21-10-6-4-7-11-21)32(26)23-12-8-5-9-13-23/h4-18H,19H2,1-3H3,(H,29,33)/b28-18+. The maximum absolute atomic E-state index is 12.4. The van der Waals surface area contributed by atoms with Gasteiger partial charge < -0.3 is 0 Å². The molecule has 34 heavy (non-hydrogen) atoms. The normalized spacial score (nSPS) is 11.6. The molecule has 1 aromatic heterocycles. The Morgan fingerprint density at radius 1 is 0.941 bits per heavy atom. The fraction of sp³-hybridized carbons (Fsp3) is 0.185. The van der Waals surface area contributed by atoms with E-state index < -0.39 is 0 Å². The molecule has 3 aromatic carbocycles. The highest BCUT2D eigenvalue weighted by molar-refractivity contribution is 7.99. The van der Waals surface area contributed by atoms with Crippen molar-refractivity contribution < 1.29 is 4.79 Å². The largest absolute Gasteiger partial charge is 0.272 e. The van der Waals surface area contributed by atoms with Crippen LogP contribution in [0.15, 0.2) is 95.2 Å². The van der Waals surface area contributed by atoms with E-state index in [4.69, 9.17) is 0 Å². The van der Waals surface area contributed by atoms with E-state index in [0.717, 1.165) is 22.6 Å². The van der Waals surface area contributed by atoms with Gasteiger partial charge in [0.25, 0.3) is 5.91 Å². The van der Waals surface area contributed by atoms with E-state index in [1.807, 2.05) is 77.4 Å². The minimum atomic E-state index is -0.212. The second-order valence-electron chi connectivity index (χ2n) is 8.80. The Kier molecular flexibility index (Phi) is 7.23. The van der Waals surface area contributed by atoms with E-state index in [2.05, 4.69) is 53.6 Å². The summed E-state index contributed by atoms with van der Waals surface area (Å²) in [5, 5.41) is 13.5. The zero-order valence-corrected chi connectivity index (χ0v) is 20.3. The number of carbonyl (C=O) groups excluding carboxylic acids is 1. The van der Waals surface area contributed by atoms with Gasteiger partial charge >= 0.3 is 0 Å². The highest BCUT2D eigenvalue weighted by atomic mass is 32.2. The average Bonchev–Trinajstić information content (AvgIpc) is 3.28. The molecule has 0 fully saturated rings. The number of nitrogens with zero attached hydrogens (tertiary/aromatic N) is 4. The Hall–Kier alpha value is -3.71. The van der Waals surface area contributed by atoms with Crippen LogP contribution in [-0.4, -0.2) is 32.6 Å². The summed E-state index contributed by atoms with van der Waals surface area (Å²) in [6, 6.07) is 27.9. The third-order valence-electron chi connectivity index (χ3n) is 5.19. The lowest BCUT2D eigenvalue weighted by molar-refractivity contribution is -0.118. The lowest BCUT2D eigenvalue weighted by Gasteiger charge is -2.18. The number of carbonyl (C=O) groups is 1. The van der Waals surface area contributed by atoms with Gasteiger partial charge in [-0.2, -0.15) is 5.10 Å². The highest BCUT2D eigenvalue weighted by Gasteiger charge is 2.17. The Labute approximate surface area is 204 Å². The topological polar surface area (TPSA) is 72.2 Å². The van der Waals surface area contributed by atoms with Crippen LogP contribution in [-0.2, 0) is 10.2 Å². The molecule has 1 heterocycles. The molecule has 4 aromatic rings. The number of para-hydroxylation sites is 1. The van der Waals surface area contributed by atoms with Gasteiger partial charge in [0.1, 0.15) is 0 Å². The number of rotatable bonds is 7. The molecule has 0 atom stereocenters. The van der Waals surface area contributed by atoms with E-state index in [9.17, 15) is 4.79 Å². The van der Waals surface area contributed by atoms with Crippen molar-refractivity contribution in [2.45, 2.75) is 31.3 Å². The van der Waals surface area contributed by atoms with Crippen LogP contribution >= 0.6 is 11.8 Å². The summed E-state index contributed by atoms with van der Waals surface area (Å²) in [4.78, 5) is 12.4. The molecule has 0 saturated heterocycles. The van der Waals surface area contributed by atoms with Crippen molar-refractivity contribution in [1.29, 1.82) is 0 Å². The van der Waals surface area contributed by atoms with Crippen LogP contribution in [0, 0.1) is 0 Å². The first-order valence-corrected chi connectivity index (χ1v) is 12.0.